The quantitative estimate of drug-likeness (QED) is 0.352. The van der Waals surface area contributed by atoms with Crippen molar-refractivity contribution < 1.29 is 17.5 Å². The predicted molar refractivity (Wildman–Crippen MR) is 148 cm³/mol. The highest BCUT2D eigenvalue weighted by Gasteiger charge is 2.18. The number of rotatable bonds is 8. The van der Waals surface area contributed by atoms with E-state index in [1.165, 1.54) is 17.4 Å². The SMILES string of the molecule is COc1ccc(N(C)S(C)(=O)=O)c(Cn2ccc3cnc(Nc4ccc(N5CCNCC5)c(F)c4)nc32)c1. The summed E-state index contributed by atoms with van der Waals surface area (Å²) in [6.45, 7) is 3.52. The molecule has 0 atom stereocenters. The van der Waals surface area contributed by atoms with E-state index in [0.717, 1.165) is 43.4 Å². The number of hydrogen-bond donors (Lipinski definition) is 2. The molecule has 0 saturated carbocycles. The third-order valence-corrected chi connectivity index (χ3v) is 7.82. The van der Waals surface area contributed by atoms with E-state index in [4.69, 9.17) is 4.74 Å². The van der Waals surface area contributed by atoms with Crippen molar-refractivity contribution in [3.05, 3.63) is 66.2 Å². The van der Waals surface area contributed by atoms with E-state index >= 15 is 0 Å². The zero-order chi connectivity index (χ0) is 26.9. The van der Waals surface area contributed by atoms with Crippen LogP contribution in [0.1, 0.15) is 5.56 Å². The highest BCUT2D eigenvalue weighted by atomic mass is 32.2. The monoisotopic (exact) mass is 539 g/mol. The fourth-order valence-corrected chi connectivity index (χ4v) is 5.05. The molecule has 1 aliphatic heterocycles. The third kappa shape index (κ3) is 5.36. The molecule has 0 amide bonds. The lowest BCUT2D eigenvalue weighted by Gasteiger charge is -2.29. The van der Waals surface area contributed by atoms with Crippen LogP contribution in [-0.4, -0.2) is 69.5 Å². The second-order valence-corrected chi connectivity index (χ2v) is 11.2. The topological polar surface area (TPSA) is 105 Å². The van der Waals surface area contributed by atoms with E-state index in [1.54, 1.807) is 31.5 Å². The smallest absolute Gasteiger partial charge is 0.232 e. The van der Waals surface area contributed by atoms with Crippen molar-refractivity contribution in [2.24, 2.45) is 0 Å². The van der Waals surface area contributed by atoms with Gasteiger partial charge in [-0.25, -0.2) is 17.8 Å². The van der Waals surface area contributed by atoms with Gasteiger partial charge in [-0.05, 0) is 48.0 Å². The van der Waals surface area contributed by atoms with Crippen molar-refractivity contribution in [1.82, 2.24) is 19.9 Å². The van der Waals surface area contributed by atoms with Gasteiger partial charge in [-0.1, -0.05) is 0 Å². The molecular formula is C26H30FN7O3S. The number of ether oxygens (including phenoxy) is 1. The molecule has 3 heterocycles. The lowest BCUT2D eigenvalue weighted by molar-refractivity contribution is 0.414. The number of anilines is 4. The van der Waals surface area contributed by atoms with E-state index in [2.05, 4.69) is 20.6 Å². The van der Waals surface area contributed by atoms with E-state index in [0.29, 0.717) is 41.0 Å². The molecule has 4 aromatic rings. The number of sulfonamides is 1. The lowest BCUT2D eigenvalue weighted by atomic mass is 10.1. The molecule has 2 aromatic heterocycles. The van der Waals surface area contributed by atoms with Gasteiger partial charge in [-0.2, -0.15) is 4.98 Å². The first-order valence-electron chi connectivity index (χ1n) is 12.2. The van der Waals surface area contributed by atoms with Crippen LogP contribution < -0.4 is 24.6 Å². The van der Waals surface area contributed by atoms with Crippen molar-refractivity contribution >= 4 is 44.1 Å². The van der Waals surface area contributed by atoms with Gasteiger partial charge in [0.05, 0.1) is 31.3 Å². The molecule has 0 spiro atoms. The fourth-order valence-electron chi connectivity index (χ4n) is 4.52. The van der Waals surface area contributed by atoms with Gasteiger partial charge in [0, 0.05) is 56.7 Å². The summed E-state index contributed by atoms with van der Waals surface area (Å²) >= 11 is 0. The molecule has 5 rings (SSSR count). The largest absolute Gasteiger partial charge is 0.497 e. The van der Waals surface area contributed by atoms with Crippen molar-refractivity contribution in [2.45, 2.75) is 6.54 Å². The molecule has 1 saturated heterocycles. The van der Waals surface area contributed by atoms with Gasteiger partial charge in [0.2, 0.25) is 16.0 Å². The second kappa shape index (κ2) is 10.5. The minimum atomic E-state index is -3.46. The molecule has 0 unspecified atom stereocenters. The number of halogens is 1. The van der Waals surface area contributed by atoms with Crippen molar-refractivity contribution in [1.29, 1.82) is 0 Å². The van der Waals surface area contributed by atoms with Gasteiger partial charge in [0.15, 0.2) is 0 Å². The molecule has 38 heavy (non-hydrogen) atoms. The molecule has 12 heteroatoms. The van der Waals surface area contributed by atoms with Crippen LogP contribution in [-0.2, 0) is 16.6 Å². The molecule has 10 nitrogen and oxygen atoms in total. The molecular weight excluding hydrogens is 509 g/mol. The van der Waals surface area contributed by atoms with Gasteiger partial charge in [0.25, 0.3) is 0 Å². The predicted octanol–water partition coefficient (Wildman–Crippen LogP) is 3.18. The first-order valence-corrected chi connectivity index (χ1v) is 14.0. The zero-order valence-corrected chi connectivity index (χ0v) is 22.3. The Morgan fingerprint density at radius 1 is 1.16 bits per heavy atom. The average molecular weight is 540 g/mol. The van der Waals surface area contributed by atoms with Crippen molar-refractivity contribution in [3.8, 4) is 5.75 Å². The molecule has 1 aliphatic rings. The molecule has 2 N–H and O–H groups in total. The van der Waals surface area contributed by atoms with Crippen LogP contribution in [0.25, 0.3) is 11.0 Å². The number of benzene rings is 2. The fraction of sp³-hybridized carbons (Fsp3) is 0.308. The van der Waals surface area contributed by atoms with Crippen LogP contribution in [0.2, 0.25) is 0 Å². The Morgan fingerprint density at radius 3 is 2.66 bits per heavy atom. The van der Waals surface area contributed by atoms with Crippen molar-refractivity contribution in [3.63, 3.8) is 0 Å². The number of aromatic nitrogens is 3. The van der Waals surface area contributed by atoms with Gasteiger partial charge in [-0.3, -0.25) is 4.31 Å². The molecule has 1 fully saturated rings. The van der Waals surface area contributed by atoms with Crippen LogP contribution in [0.4, 0.5) is 27.4 Å². The summed E-state index contributed by atoms with van der Waals surface area (Å²) in [5, 5.41) is 7.19. The third-order valence-electron chi connectivity index (χ3n) is 6.63. The Labute approximate surface area is 221 Å². The van der Waals surface area contributed by atoms with E-state index < -0.39 is 10.0 Å². The maximum atomic E-state index is 14.9. The number of piperazine rings is 1. The van der Waals surface area contributed by atoms with Crippen molar-refractivity contribution in [2.75, 3.05) is 61.1 Å². The molecule has 0 aliphatic carbocycles. The van der Waals surface area contributed by atoms with Crippen LogP contribution in [0.15, 0.2) is 54.9 Å². The van der Waals surface area contributed by atoms with Gasteiger partial charge in [-0.15, -0.1) is 0 Å². The Balaban J connectivity index is 1.42. The van der Waals surface area contributed by atoms with Crippen LogP contribution in [0.5, 0.6) is 5.75 Å². The summed E-state index contributed by atoms with van der Waals surface area (Å²) in [5.74, 6) is 0.637. The normalized spacial score (nSPS) is 14.1. The Kier molecular flexibility index (Phi) is 7.09. The van der Waals surface area contributed by atoms with E-state index in [-0.39, 0.29) is 5.82 Å². The summed E-state index contributed by atoms with van der Waals surface area (Å²) in [4.78, 5) is 11.1. The number of nitrogens with zero attached hydrogens (tertiary/aromatic N) is 5. The Hall–Kier alpha value is -3.90. The average Bonchev–Trinajstić information content (AvgIpc) is 3.30. The van der Waals surface area contributed by atoms with E-state index in [1.807, 2.05) is 33.9 Å². The zero-order valence-electron chi connectivity index (χ0n) is 21.5. The van der Waals surface area contributed by atoms with Gasteiger partial charge >= 0.3 is 0 Å². The molecule has 2 aromatic carbocycles. The maximum Gasteiger partial charge on any atom is 0.232 e. The standard InChI is InChI=1S/C26H30FN7O3S/c1-32(38(3,35)36)23-7-5-21(37-2)14-19(23)17-34-11-8-18-16-29-26(31-25(18)34)30-20-4-6-24(22(27)15-20)33-12-9-28-10-13-33/h4-8,11,14-16,28H,9-10,12-13,17H2,1-3H3,(H,29,30,31). The molecule has 200 valence electrons. The maximum absolute atomic E-state index is 14.9. The first-order chi connectivity index (χ1) is 18.2. The number of fused-ring (bicyclic) bond motifs is 1. The highest BCUT2D eigenvalue weighted by molar-refractivity contribution is 7.92. The Morgan fingerprint density at radius 2 is 1.95 bits per heavy atom. The first kappa shape index (κ1) is 25.7. The summed E-state index contributed by atoms with van der Waals surface area (Å²) in [6.07, 6.45) is 4.73. The van der Waals surface area contributed by atoms with Gasteiger partial charge in [0.1, 0.15) is 17.2 Å². The lowest BCUT2D eigenvalue weighted by Crippen LogP contribution is -2.43. The number of hydrogen-bond acceptors (Lipinski definition) is 8. The minimum absolute atomic E-state index is 0.304. The second-order valence-electron chi connectivity index (χ2n) is 9.17. The molecule has 0 bridgehead atoms. The number of methoxy groups -OCH3 is 1. The summed E-state index contributed by atoms with van der Waals surface area (Å²) in [7, 11) is -0.381. The van der Waals surface area contributed by atoms with Gasteiger partial charge < -0.3 is 24.8 Å². The Bertz CT molecular complexity index is 1570. The molecule has 0 radical (unpaired) electrons. The van der Waals surface area contributed by atoms with Crippen LogP contribution in [0, 0.1) is 5.82 Å². The minimum Gasteiger partial charge on any atom is -0.497 e. The highest BCUT2D eigenvalue weighted by Crippen LogP contribution is 2.29. The van der Waals surface area contributed by atoms with Crippen LogP contribution in [0.3, 0.4) is 0 Å². The summed E-state index contributed by atoms with van der Waals surface area (Å²) in [6, 6.07) is 12.2. The van der Waals surface area contributed by atoms with Crippen LogP contribution >= 0.6 is 0 Å². The summed E-state index contributed by atoms with van der Waals surface area (Å²) < 4.78 is 47.9. The summed E-state index contributed by atoms with van der Waals surface area (Å²) in [5.41, 5.74) is 3.06. The number of nitrogens with one attached hydrogen (secondary N) is 2. The van der Waals surface area contributed by atoms with E-state index in [9.17, 15) is 12.8 Å².